The maximum Gasteiger partial charge on any atom is 1.00 e. The van der Waals surface area contributed by atoms with Gasteiger partial charge in [0.25, 0.3) is 0 Å². The number of allylic oxidation sites excluding steroid dienone is 1. The maximum absolute atomic E-state index is 12.4. The van der Waals surface area contributed by atoms with Gasteiger partial charge in [-0.05, 0) is 68.6 Å². The van der Waals surface area contributed by atoms with E-state index < -0.39 is 74.8 Å². The summed E-state index contributed by atoms with van der Waals surface area (Å²) in [5.41, 5.74) is -5.74. The fourth-order valence-corrected chi connectivity index (χ4v) is 10.2. The molecule has 0 heterocycles. The van der Waals surface area contributed by atoms with Crippen LogP contribution in [0.1, 0.15) is 86.0 Å². The molecule has 4 saturated carbocycles. The Morgan fingerprint density at radius 3 is 2.32 bits per heavy atom. The zero-order chi connectivity index (χ0) is 30.1. The van der Waals surface area contributed by atoms with Crippen molar-refractivity contribution in [3.63, 3.8) is 0 Å². The molecule has 0 bridgehead atoms. The molecule has 12 heteroatoms. The molecular weight excluding hydrogens is 563 g/mol. The third kappa shape index (κ3) is 6.02. The van der Waals surface area contributed by atoms with Crippen molar-refractivity contribution >= 4 is 10.4 Å². The molecule has 0 spiro atoms. The van der Waals surface area contributed by atoms with E-state index in [1.54, 1.807) is 0 Å². The van der Waals surface area contributed by atoms with Crippen LogP contribution in [-0.4, -0.2) is 85.3 Å². The summed E-state index contributed by atoms with van der Waals surface area (Å²) < 4.78 is 37.1. The van der Waals surface area contributed by atoms with Gasteiger partial charge in [-0.2, -0.15) is 0 Å². The molecule has 4 rings (SSSR count). The summed E-state index contributed by atoms with van der Waals surface area (Å²) in [4.78, 5) is 0. The first-order valence-corrected chi connectivity index (χ1v) is 16.1. The summed E-state index contributed by atoms with van der Waals surface area (Å²) in [5.74, 6) is -1.42. The molecule has 10 nitrogen and oxygen atoms in total. The quantitative estimate of drug-likeness (QED) is 0.0826. The van der Waals surface area contributed by atoms with E-state index in [0.717, 1.165) is 6.42 Å². The van der Waals surface area contributed by atoms with Crippen molar-refractivity contribution in [2.45, 2.75) is 121 Å². The average molecular weight is 613 g/mol. The largest absolute Gasteiger partial charge is 1.00 e. The first kappa shape index (κ1) is 35.8. The summed E-state index contributed by atoms with van der Waals surface area (Å²) in [6.45, 7) is 8.65. The van der Waals surface area contributed by atoms with E-state index >= 15 is 0 Å². The number of rotatable bonds is 8. The third-order valence-corrected chi connectivity index (χ3v) is 12.3. The van der Waals surface area contributed by atoms with Crippen LogP contribution in [0.15, 0.2) is 12.2 Å². The van der Waals surface area contributed by atoms with Gasteiger partial charge >= 0.3 is 29.6 Å². The minimum atomic E-state index is -4.94. The number of fused-ring (bicyclic) bond motifs is 5. The fraction of sp³-hybridized carbons (Fsp3) is 0.931. The van der Waals surface area contributed by atoms with E-state index in [1.165, 1.54) is 6.92 Å². The Bertz CT molecular complexity index is 1090. The second kappa shape index (κ2) is 11.9. The van der Waals surface area contributed by atoms with E-state index in [-0.39, 0.29) is 60.2 Å². The van der Waals surface area contributed by atoms with Gasteiger partial charge in [-0.1, -0.05) is 39.8 Å². The second-order valence-electron chi connectivity index (χ2n) is 14.2. The van der Waals surface area contributed by atoms with Crippen molar-refractivity contribution in [1.82, 2.24) is 0 Å². The van der Waals surface area contributed by atoms with Crippen LogP contribution in [0, 0.1) is 40.4 Å². The Kier molecular flexibility index (Phi) is 10.4. The summed E-state index contributed by atoms with van der Waals surface area (Å²) in [5, 5.41) is 67.9. The number of hydrogen-bond acceptors (Lipinski definition) is 10. The van der Waals surface area contributed by atoms with Crippen molar-refractivity contribution in [2.24, 2.45) is 40.4 Å². The molecule has 0 aromatic heterocycles. The standard InChI is InChI=1S/C29H50O10S.Na/c1-6-18(27(5,33)16-39-40(36,37)38)8-7-17(2)20-13-21(31)24-25(20,3)11-10-22-26(4)12-9-19(30)14-29(26,35)23(32)15-28(22,24)34;/h7-8,17-24,30-35H,6,9-16H2,1-5H3,(H,36,37,38);/q;+1/p-1/b8-7+;/t17-,18-,19+,20-,21+,22-,23-,24-,25-,26-,27+,28+,29+;/m1./s1. The molecule has 4 aliphatic rings. The number of aliphatic hydroxyl groups excluding tert-OH is 3. The van der Waals surface area contributed by atoms with Gasteiger partial charge in [-0.15, -0.1) is 0 Å². The van der Waals surface area contributed by atoms with Gasteiger partial charge in [0.05, 0.1) is 41.7 Å². The average Bonchev–Trinajstić information content (AvgIpc) is 3.11. The Morgan fingerprint density at radius 2 is 1.73 bits per heavy atom. The third-order valence-electron chi connectivity index (χ3n) is 11.9. The molecule has 41 heavy (non-hydrogen) atoms. The Balaban J connectivity index is 0.00000462. The van der Waals surface area contributed by atoms with Crippen LogP contribution in [-0.2, 0) is 14.6 Å². The van der Waals surface area contributed by atoms with E-state index in [2.05, 4.69) is 11.1 Å². The molecule has 0 aliphatic heterocycles. The molecule has 4 fully saturated rings. The van der Waals surface area contributed by atoms with Gasteiger partial charge in [-0.25, -0.2) is 8.42 Å². The van der Waals surface area contributed by atoms with Crippen LogP contribution in [0.3, 0.4) is 0 Å². The Morgan fingerprint density at radius 1 is 1.10 bits per heavy atom. The second-order valence-corrected chi connectivity index (χ2v) is 15.3. The van der Waals surface area contributed by atoms with Crippen LogP contribution in [0.2, 0.25) is 0 Å². The summed E-state index contributed by atoms with van der Waals surface area (Å²) in [6, 6.07) is 0. The van der Waals surface area contributed by atoms with Crippen molar-refractivity contribution in [1.29, 1.82) is 0 Å². The van der Waals surface area contributed by atoms with E-state index in [1.807, 2.05) is 32.9 Å². The van der Waals surface area contributed by atoms with Crippen molar-refractivity contribution in [2.75, 3.05) is 6.61 Å². The van der Waals surface area contributed by atoms with E-state index in [4.69, 9.17) is 0 Å². The first-order chi connectivity index (χ1) is 18.2. The molecule has 13 atom stereocenters. The van der Waals surface area contributed by atoms with Crippen LogP contribution < -0.4 is 29.6 Å². The van der Waals surface area contributed by atoms with Crippen LogP contribution in [0.5, 0.6) is 0 Å². The minimum Gasteiger partial charge on any atom is -0.726 e. The SMILES string of the molecule is CC[C@H](/C=C/[C@@H](C)[C@H]1C[C@H](O)[C@@H]2[C@]1(C)CC[C@H]1[C@@]2(O)C[C@@H](O)[C@@]2(O)C[C@@H](O)CC[C@]12C)[C@@](C)(O)COS(=O)(=O)[O-].[Na+]. The molecule has 4 aliphatic carbocycles. The van der Waals surface area contributed by atoms with E-state index in [9.17, 15) is 43.6 Å². The zero-order valence-electron chi connectivity index (χ0n) is 25.4. The van der Waals surface area contributed by atoms with Gasteiger partial charge in [-0.3, -0.25) is 4.18 Å². The molecular formula is C29H49NaO10S. The molecule has 232 valence electrons. The summed E-state index contributed by atoms with van der Waals surface area (Å²) >= 11 is 0. The zero-order valence-corrected chi connectivity index (χ0v) is 28.2. The van der Waals surface area contributed by atoms with Crippen LogP contribution >= 0.6 is 0 Å². The van der Waals surface area contributed by atoms with E-state index in [0.29, 0.717) is 32.1 Å². The summed E-state index contributed by atoms with van der Waals surface area (Å²) in [6.07, 6.45) is 4.26. The minimum absolute atomic E-state index is 0. The maximum atomic E-state index is 12.4. The topological polar surface area (TPSA) is 188 Å². The first-order valence-electron chi connectivity index (χ1n) is 14.7. The van der Waals surface area contributed by atoms with Crippen LogP contribution in [0.4, 0.5) is 0 Å². The smallest absolute Gasteiger partial charge is 0.726 e. The van der Waals surface area contributed by atoms with Gasteiger partial charge in [0.2, 0.25) is 10.4 Å². The molecule has 0 aromatic carbocycles. The van der Waals surface area contributed by atoms with Crippen molar-refractivity contribution < 1.29 is 77.4 Å². The van der Waals surface area contributed by atoms with Crippen molar-refractivity contribution in [3.05, 3.63) is 12.2 Å². The molecule has 0 aromatic rings. The van der Waals surface area contributed by atoms with Crippen LogP contribution in [0.25, 0.3) is 0 Å². The van der Waals surface area contributed by atoms with Gasteiger partial charge in [0, 0.05) is 30.1 Å². The molecule has 6 N–H and O–H groups in total. The van der Waals surface area contributed by atoms with Crippen molar-refractivity contribution in [3.8, 4) is 0 Å². The number of hydrogen-bond donors (Lipinski definition) is 6. The van der Waals surface area contributed by atoms with Gasteiger partial charge in [0.15, 0.2) is 0 Å². The Hall–Kier alpha value is 0.370. The predicted molar refractivity (Wildman–Crippen MR) is 145 cm³/mol. The molecule has 0 radical (unpaired) electrons. The van der Waals surface area contributed by atoms with Gasteiger partial charge in [0.1, 0.15) is 0 Å². The normalized spacial score (nSPS) is 47.4. The van der Waals surface area contributed by atoms with Gasteiger partial charge < -0.3 is 35.2 Å². The predicted octanol–water partition coefficient (Wildman–Crippen LogP) is -1.37. The molecule has 0 unspecified atom stereocenters. The molecule has 0 saturated heterocycles. The Labute approximate surface area is 266 Å². The fourth-order valence-electron chi connectivity index (χ4n) is 9.83. The molecule has 0 amide bonds. The number of aliphatic hydroxyl groups is 6. The summed E-state index contributed by atoms with van der Waals surface area (Å²) in [7, 11) is -4.94. The monoisotopic (exact) mass is 612 g/mol.